The van der Waals surface area contributed by atoms with Gasteiger partial charge in [0.15, 0.2) is 17.3 Å². The normalized spacial score (nSPS) is 10.3. The molecule has 0 atom stereocenters. The summed E-state index contributed by atoms with van der Waals surface area (Å²) in [5.41, 5.74) is 0.832. The number of carbonyl (C=O) groups is 1. The van der Waals surface area contributed by atoms with Gasteiger partial charge in [0, 0.05) is 12.6 Å². The van der Waals surface area contributed by atoms with E-state index in [1.54, 1.807) is 13.0 Å². The van der Waals surface area contributed by atoms with E-state index in [9.17, 15) is 9.18 Å². The fraction of sp³-hybridized carbons (Fsp3) is 0.231. The van der Waals surface area contributed by atoms with E-state index in [4.69, 9.17) is 9.26 Å². The summed E-state index contributed by atoms with van der Waals surface area (Å²) >= 11 is 0. The number of ether oxygens (including phenoxy) is 1. The van der Waals surface area contributed by atoms with Crippen LogP contribution in [0, 0.1) is 12.7 Å². The smallest absolute Gasteiger partial charge is 0.273 e. The van der Waals surface area contributed by atoms with Gasteiger partial charge < -0.3 is 14.6 Å². The highest BCUT2D eigenvalue weighted by Gasteiger charge is 2.11. The summed E-state index contributed by atoms with van der Waals surface area (Å²) in [7, 11) is 1.40. The van der Waals surface area contributed by atoms with Crippen molar-refractivity contribution in [3.8, 4) is 5.75 Å². The number of nitrogens with one attached hydrogen (secondary N) is 1. The zero-order chi connectivity index (χ0) is 13.8. The molecule has 5 nitrogen and oxygen atoms in total. The lowest BCUT2D eigenvalue weighted by atomic mass is 10.2. The monoisotopic (exact) mass is 264 g/mol. The summed E-state index contributed by atoms with van der Waals surface area (Å²) in [5, 5.41) is 6.22. The molecule has 0 saturated heterocycles. The predicted octanol–water partition coefficient (Wildman–Crippen LogP) is 2.06. The SMILES string of the molecule is COc1ccc(CNC(=O)c2cc(C)on2)cc1F. The van der Waals surface area contributed by atoms with E-state index in [1.165, 1.54) is 25.3 Å². The molecule has 0 aliphatic heterocycles. The molecule has 0 saturated carbocycles. The summed E-state index contributed by atoms with van der Waals surface area (Å²) < 4.78 is 23.0. The Kier molecular flexibility index (Phi) is 3.79. The number of halogens is 1. The van der Waals surface area contributed by atoms with Crippen LogP contribution in [0.1, 0.15) is 21.8 Å². The van der Waals surface area contributed by atoms with E-state index in [1.807, 2.05) is 0 Å². The van der Waals surface area contributed by atoms with Crippen LogP contribution >= 0.6 is 0 Å². The standard InChI is InChI=1S/C13H13FN2O3/c1-8-5-11(16-19-8)13(17)15-7-9-3-4-12(18-2)10(14)6-9/h3-6H,7H2,1-2H3,(H,15,17). The average Bonchev–Trinajstić information content (AvgIpc) is 2.83. The Morgan fingerprint density at radius 3 is 2.84 bits per heavy atom. The molecule has 1 aromatic heterocycles. The summed E-state index contributed by atoms with van der Waals surface area (Å²) in [6, 6.07) is 6.03. The molecule has 2 rings (SSSR count). The van der Waals surface area contributed by atoms with Gasteiger partial charge >= 0.3 is 0 Å². The first kappa shape index (κ1) is 13.1. The van der Waals surface area contributed by atoms with Gasteiger partial charge in [-0.3, -0.25) is 4.79 Å². The van der Waals surface area contributed by atoms with Crippen molar-refractivity contribution in [2.24, 2.45) is 0 Å². The Morgan fingerprint density at radius 1 is 1.47 bits per heavy atom. The first-order chi connectivity index (χ1) is 9.10. The van der Waals surface area contributed by atoms with Gasteiger partial charge in [0.1, 0.15) is 5.76 Å². The van der Waals surface area contributed by atoms with Crippen molar-refractivity contribution >= 4 is 5.91 Å². The minimum atomic E-state index is -0.466. The van der Waals surface area contributed by atoms with Crippen molar-refractivity contribution in [3.05, 3.63) is 47.1 Å². The topological polar surface area (TPSA) is 64.4 Å². The number of aromatic nitrogens is 1. The summed E-state index contributed by atoms with van der Waals surface area (Å²) in [6.45, 7) is 1.90. The maximum atomic E-state index is 13.4. The number of carbonyl (C=O) groups excluding carboxylic acids is 1. The van der Waals surface area contributed by atoms with Gasteiger partial charge in [-0.2, -0.15) is 0 Å². The van der Waals surface area contributed by atoms with Crippen LogP contribution in [-0.4, -0.2) is 18.2 Å². The van der Waals surface area contributed by atoms with Gasteiger partial charge in [-0.1, -0.05) is 11.2 Å². The molecule has 1 aromatic carbocycles. The maximum Gasteiger partial charge on any atom is 0.273 e. The molecule has 2 aromatic rings. The molecule has 0 fully saturated rings. The van der Waals surface area contributed by atoms with Crippen LogP contribution in [0.5, 0.6) is 5.75 Å². The third kappa shape index (κ3) is 3.09. The van der Waals surface area contributed by atoms with Crippen LogP contribution in [0.15, 0.2) is 28.8 Å². The molecule has 0 aliphatic carbocycles. The van der Waals surface area contributed by atoms with Crippen LogP contribution in [-0.2, 0) is 6.54 Å². The second kappa shape index (κ2) is 5.51. The van der Waals surface area contributed by atoms with Gasteiger partial charge in [0.2, 0.25) is 0 Å². The molecule has 1 amide bonds. The lowest BCUT2D eigenvalue weighted by molar-refractivity contribution is 0.0941. The molecular weight excluding hydrogens is 251 g/mol. The second-order valence-electron chi connectivity index (χ2n) is 3.97. The van der Waals surface area contributed by atoms with Gasteiger partial charge in [-0.15, -0.1) is 0 Å². The lowest BCUT2D eigenvalue weighted by Crippen LogP contribution is -2.23. The number of hydrogen-bond acceptors (Lipinski definition) is 4. The van der Waals surface area contributed by atoms with E-state index in [0.717, 1.165) is 0 Å². The van der Waals surface area contributed by atoms with E-state index < -0.39 is 5.82 Å². The molecule has 0 aliphatic rings. The highest BCUT2D eigenvalue weighted by molar-refractivity contribution is 5.92. The minimum Gasteiger partial charge on any atom is -0.494 e. The number of benzene rings is 1. The van der Waals surface area contributed by atoms with Gasteiger partial charge in [-0.05, 0) is 24.6 Å². The van der Waals surface area contributed by atoms with Crippen molar-refractivity contribution in [2.75, 3.05) is 7.11 Å². The molecular formula is C13H13FN2O3. The Bertz CT molecular complexity index is 595. The van der Waals surface area contributed by atoms with Gasteiger partial charge in [-0.25, -0.2) is 4.39 Å². The summed E-state index contributed by atoms with van der Waals surface area (Å²) in [5.74, 6) is -0.109. The Hall–Kier alpha value is -2.37. The fourth-order valence-corrected chi connectivity index (χ4v) is 1.57. The minimum absolute atomic E-state index is 0.169. The second-order valence-corrected chi connectivity index (χ2v) is 3.97. The molecule has 100 valence electrons. The number of rotatable bonds is 4. The van der Waals surface area contributed by atoms with Crippen LogP contribution < -0.4 is 10.1 Å². The summed E-state index contributed by atoms with van der Waals surface area (Å²) in [4.78, 5) is 11.7. The van der Waals surface area contributed by atoms with Crippen molar-refractivity contribution in [1.29, 1.82) is 0 Å². The number of methoxy groups -OCH3 is 1. The van der Waals surface area contributed by atoms with Crippen LogP contribution in [0.3, 0.4) is 0 Å². The zero-order valence-corrected chi connectivity index (χ0v) is 10.6. The molecule has 1 N–H and O–H groups in total. The third-order valence-electron chi connectivity index (χ3n) is 2.53. The van der Waals surface area contributed by atoms with E-state index in [-0.39, 0.29) is 23.9 Å². The first-order valence-electron chi connectivity index (χ1n) is 5.64. The molecule has 0 unspecified atom stereocenters. The van der Waals surface area contributed by atoms with Gasteiger partial charge in [0.05, 0.1) is 7.11 Å². The van der Waals surface area contributed by atoms with Gasteiger partial charge in [0.25, 0.3) is 5.91 Å². The van der Waals surface area contributed by atoms with Crippen molar-refractivity contribution in [3.63, 3.8) is 0 Å². The molecule has 6 heteroatoms. The molecule has 19 heavy (non-hydrogen) atoms. The van der Waals surface area contributed by atoms with E-state index in [0.29, 0.717) is 11.3 Å². The highest BCUT2D eigenvalue weighted by Crippen LogP contribution is 2.17. The number of hydrogen-bond donors (Lipinski definition) is 1. The highest BCUT2D eigenvalue weighted by atomic mass is 19.1. The van der Waals surface area contributed by atoms with E-state index >= 15 is 0 Å². The van der Waals surface area contributed by atoms with Crippen molar-refractivity contribution in [1.82, 2.24) is 10.5 Å². The molecule has 0 spiro atoms. The largest absolute Gasteiger partial charge is 0.494 e. The van der Waals surface area contributed by atoms with Crippen molar-refractivity contribution < 1.29 is 18.4 Å². The summed E-state index contributed by atoms with van der Waals surface area (Å²) in [6.07, 6.45) is 0. The van der Waals surface area contributed by atoms with Crippen LogP contribution in [0.4, 0.5) is 4.39 Å². The maximum absolute atomic E-state index is 13.4. The first-order valence-corrected chi connectivity index (χ1v) is 5.64. The average molecular weight is 264 g/mol. The van der Waals surface area contributed by atoms with Crippen LogP contribution in [0.2, 0.25) is 0 Å². The molecule has 0 bridgehead atoms. The number of nitrogens with zero attached hydrogens (tertiary/aromatic N) is 1. The quantitative estimate of drug-likeness (QED) is 0.918. The lowest BCUT2D eigenvalue weighted by Gasteiger charge is -2.06. The Morgan fingerprint density at radius 2 is 2.26 bits per heavy atom. The molecule has 0 radical (unpaired) electrons. The third-order valence-corrected chi connectivity index (χ3v) is 2.53. The molecule has 1 heterocycles. The Balaban J connectivity index is 1.99. The van der Waals surface area contributed by atoms with Crippen LogP contribution in [0.25, 0.3) is 0 Å². The van der Waals surface area contributed by atoms with E-state index in [2.05, 4.69) is 10.5 Å². The number of amides is 1. The Labute approximate surface area is 109 Å². The predicted molar refractivity (Wildman–Crippen MR) is 65.4 cm³/mol. The zero-order valence-electron chi connectivity index (χ0n) is 10.6. The van der Waals surface area contributed by atoms with Crippen molar-refractivity contribution in [2.45, 2.75) is 13.5 Å². The fourth-order valence-electron chi connectivity index (χ4n) is 1.57. The number of aryl methyl sites for hydroxylation is 1.